The maximum absolute atomic E-state index is 12.1. The van der Waals surface area contributed by atoms with Crippen LogP contribution in [-0.2, 0) is 14.0 Å². The van der Waals surface area contributed by atoms with E-state index in [-0.39, 0.29) is 30.5 Å². The summed E-state index contributed by atoms with van der Waals surface area (Å²) in [5, 5.41) is 0. The van der Waals surface area contributed by atoms with E-state index < -0.39 is 5.60 Å². The first-order chi connectivity index (χ1) is 11.8. The fourth-order valence-corrected chi connectivity index (χ4v) is 2.87. The van der Waals surface area contributed by atoms with Crippen LogP contribution in [0.5, 0.6) is 0 Å². The molecule has 0 aliphatic carbocycles. The van der Waals surface area contributed by atoms with Crippen LogP contribution in [0.3, 0.4) is 0 Å². The lowest BCUT2D eigenvalue weighted by molar-refractivity contribution is -0.00479. The molecule has 2 rings (SSSR count). The molecule has 0 aromatic heterocycles. The highest BCUT2D eigenvalue weighted by molar-refractivity contribution is 6.54. The van der Waals surface area contributed by atoms with Gasteiger partial charge in [0.1, 0.15) is 5.60 Å². The van der Waals surface area contributed by atoms with E-state index in [1.807, 2.05) is 27.8 Å². The summed E-state index contributed by atoms with van der Waals surface area (Å²) in [6.07, 6.45) is 2.72. The van der Waals surface area contributed by atoms with Crippen molar-refractivity contribution in [3.05, 3.63) is 11.7 Å². The van der Waals surface area contributed by atoms with E-state index in [1.54, 1.807) is 4.90 Å². The Balaban J connectivity index is 1.94. The largest absolute Gasteiger partial charge is 0.492 e. The van der Waals surface area contributed by atoms with E-state index in [2.05, 4.69) is 45.7 Å². The summed E-state index contributed by atoms with van der Waals surface area (Å²) in [7, 11) is 1.72. The smallest absolute Gasteiger partial charge is 0.444 e. The summed E-state index contributed by atoms with van der Waals surface area (Å²) < 4.78 is 17.7. The van der Waals surface area contributed by atoms with E-state index in [0.717, 1.165) is 11.9 Å². The minimum absolute atomic E-state index is 0.243. The van der Waals surface area contributed by atoms with E-state index in [9.17, 15) is 4.79 Å². The molecule has 0 radical (unpaired) electrons. The fraction of sp³-hybridized carbons (Fsp3) is 0.842. The molecule has 0 spiro atoms. The Morgan fingerprint density at radius 1 is 1.23 bits per heavy atom. The van der Waals surface area contributed by atoms with Gasteiger partial charge in [-0.2, -0.15) is 0 Å². The van der Waals surface area contributed by atoms with Gasteiger partial charge in [0.15, 0.2) is 0 Å². The number of carbonyl (C=O) groups excluding carboxylic acids is 1. The molecular weight excluding hydrogens is 331 g/mol. The first kappa shape index (κ1) is 21.1. The predicted octanol–water partition coefficient (Wildman–Crippen LogP) is 3.46. The average Bonchev–Trinajstić information content (AvgIpc) is 2.60. The third-order valence-electron chi connectivity index (χ3n) is 5.42. The second-order valence-corrected chi connectivity index (χ2v) is 9.35. The Morgan fingerprint density at radius 2 is 1.73 bits per heavy atom. The normalized spacial score (nSPS) is 23.0. The number of nitrogens with zero attached hydrogens (tertiary/aromatic N) is 2. The Kier molecular flexibility index (Phi) is 5.74. The molecule has 7 heteroatoms. The monoisotopic (exact) mass is 366 g/mol. The third kappa shape index (κ3) is 4.55. The molecule has 2 aliphatic rings. The lowest BCUT2D eigenvalue weighted by Gasteiger charge is -2.44. The van der Waals surface area contributed by atoms with Crippen LogP contribution in [0.15, 0.2) is 11.7 Å². The van der Waals surface area contributed by atoms with Gasteiger partial charge in [0.25, 0.3) is 0 Å². The number of ether oxygens (including phenoxy) is 1. The minimum atomic E-state index is -0.458. The Labute approximate surface area is 159 Å². The number of hydrogen-bond donors (Lipinski definition) is 0. The molecule has 2 fully saturated rings. The molecule has 2 heterocycles. The summed E-state index contributed by atoms with van der Waals surface area (Å²) in [4.78, 5) is 16.0. The summed E-state index contributed by atoms with van der Waals surface area (Å²) in [5.74, 6) is 0. The van der Waals surface area contributed by atoms with Crippen LogP contribution in [0, 0.1) is 0 Å². The van der Waals surface area contributed by atoms with Gasteiger partial charge in [0.2, 0.25) is 0 Å². The van der Waals surface area contributed by atoms with Crippen molar-refractivity contribution in [2.45, 2.75) is 84.7 Å². The molecule has 26 heavy (non-hydrogen) atoms. The summed E-state index contributed by atoms with van der Waals surface area (Å²) in [6, 6.07) is 0.284. The first-order valence-electron chi connectivity index (χ1n) is 9.52. The van der Waals surface area contributed by atoms with E-state index in [1.165, 1.54) is 0 Å². The summed E-state index contributed by atoms with van der Waals surface area (Å²) >= 11 is 0. The minimum Gasteiger partial charge on any atom is -0.444 e. The zero-order valence-electron chi connectivity index (χ0n) is 17.9. The highest BCUT2D eigenvalue weighted by Gasteiger charge is 2.52. The second kappa shape index (κ2) is 7.08. The van der Waals surface area contributed by atoms with E-state index >= 15 is 0 Å². The van der Waals surface area contributed by atoms with Crippen molar-refractivity contribution in [2.75, 3.05) is 20.1 Å². The lowest BCUT2D eigenvalue weighted by atomic mass is 9.77. The molecule has 148 valence electrons. The number of likely N-dealkylation sites (N-methyl/N-ethyl adjacent to an activating group) is 1. The number of hydrogen-bond acceptors (Lipinski definition) is 5. The van der Waals surface area contributed by atoms with Crippen LogP contribution in [0.25, 0.3) is 0 Å². The molecule has 0 saturated carbocycles. The number of carbonyl (C=O) groups is 1. The molecular formula is C19H35BN2O4. The maximum atomic E-state index is 12.1. The highest BCUT2D eigenvalue weighted by atomic mass is 16.7. The van der Waals surface area contributed by atoms with Gasteiger partial charge in [-0.05, 0) is 66.6 Å². The van der Waals surface area contributed by atoms with Gasteiger partial charge in [0.05, 0.1) is 17.2 Å². The summed E-state index contributed by atoms with van der Waals surface area (Å²) in [6.45, 7) is 17.4. The highest BCUT2D eigenvalue weighted by Crippen LogP contribution is 2.39. The van der Waals surface area contributed by atoms with Crippen LogP contribution >= 0.6 is 0 Å². The number of allylic oxidation sites excluding steroid dienone is 1. The SMILES string of the molecule is CCC(=CN(C)C1CN(C(=O)OC(C)(C)C)C1)B1OC(C)(C)C(C)(C)O1. The van der Waals surface area contributed by atoms with Gasteiger partial charge < -0.3 is 23.8 Å². The standard InChI is InChI=1S/C19H35BN2O4/c1-10-14(20-25-18(5,6)19(7,8)26-20)11-21(9)15-12-22(13-15)16(23)24-17(2,3)4/h11,15H,10,12-13H2,1-9H3. The summed E-state index contributed by atoms with van der Waals surface area (Å²) in [5.41, 5.74) is -0.0230. The van der Waals surface area contributed by atoms with Gasteiger partial charge >= 0.3 is 13.2 Å². The zero-order chi connectivity index (χ0) is 19.9. The van der Waals surface area contributed by atoms with Crippen molar-refractivity contribution in [1.82, 2.24) is 9.80 Å². The number of rotatable bonds is 4. The van der Waals surface area contributed by atoms with Gasteiger partial charge in [-0.25, -0.2) is 4.79 Å². The van der Waals surface area contributed by atoms with Crippen LogP contribution in [-0.4, -0.2) is 66.0 Å². The van der Waals surface area contributed by atoms with Crippen LogP contribution < -0.4 is 0 Å². The maximum Gasteiger partial charge on any atom is 0.492 e. The van der Waals surface area contributed by atoms with Crippen LogP contribution in [0.2, 0.25) is 0 Å². The molecule has 0 atom stereocenters. The van der Waals surface area contributed by atoms with Crippen molar-refractivity contribution >= 4 is 13.2 Å². The Morgan fingerprint density at radius 3 is 2.15 bits per heavy atom. The molecule has 2 saturated heterocycles. The molecule has 0 aromatic carbocycles. The van der Waals surface area contributed by atoms with Crippen molar-refractivity contribution in [3.8, 4) is 0 Å². The van der Waals surface area contributed by atoms with E-state index in [4.69, 9.17) is 14.0 Å². The molecule has 0 aromatic rings. The lowest BCUT2D eigenvalue weighted by Crippen LogP contribution is -2.59. The second-order valence-electron chi connectivity index (χ2n) is 9.35. The topological polar surface area (TPSA) is 51.2 Å². The van der Waals surface area contributed by atoms with Crippen LogP contribution in [0.4, 0.5) is 4.79 Å². The molecule has 1 amide bonds. The average molecular weight is 366 g/mol. The van der Waals surface area contributed by atoms with Crippen molar-refractivity contribution in [1.29, 1.82) is 0 Å². The van der Waals surface area contributed by atoms with Crippen molar-refractivity contribution < 1.29 is 18.8 Å². The van der Waals surface area contributed by atoms with Gasteiger partial charge in [0, 0.05) is 20.1 Å². The van der Waals surface area contributed by atoms with Crippen LogP contribution in [0.1, 0.15) is 61.8 Å². The fourth-order valence-electron chi connectivity index (χ4n) is 2.87. The van der Waals surface area contributed by atoms with Crippen molar-refractivity contribution in [3.63, 3.8) is 0 Å². The van der Waals surface area contributed by atoms with E-state index in [0.29, 0.717) is 13.1 Å². The molecule has 6 nitrogen and oxygen atoms in total. The predicted molar refractivity (Wildman–Crippen MR) is 104 cm³/mol. The Bertz CT molecular complexity index is 546. The van der Waals surface area contributed by atoms with Gasteiger partial charge in [-0.3, -0.25) is 0 Å². The van der Waals surface area contributed by atoms with Crippen molar-refractivity contribution in [2.24, 2.45) is 0 Å². The van der Waals surface area contributed by atoms with Gasteiger partial charge in [-0.15, -0.1) is 0 Å². The Hall–Kier alpha value is -1.21. The first-order valence-corrected chi connectivity index (χ1v) is 9.52. The van der Waals surface area contributed by atoms with Gasteiger partial charge in [-0.1, -0.05) is 6.92 Å². The molecule has 0 bridgehead atoms. The number of amides is 1. The molecule has 0 N–H and O–H groups in total. The molecule has 2 aliphatic heterocycles. The number of likely N-dealkylation sites (tertiary alicyclic amines) is 1. The molecule has 0 unspecified atom stereocenters. The third-order valence-corrected chi connectivity index (χ3v) is 5.42. The zero-order valence-corrected chi connectivity index (χ0v) is 17.9. The quantitative estimate of drug-likeness (QED) is 0.714.